The highest BCUT2D eigenvalue weighted by molar-refractivity contribution is 6.42. The molecule has 0 aliphatic carbocycles. The molecule has 3 rings (SSSR count). The normalized spacial score (nSPS) is 11.2. The summed E-state index contributed by atoms with van der Waals surface area (Å²) in [5.74, 6) is 0.607. The van der Waals surface area contributed by atoms with Crippen molar-refractivity contribution in [3.8, 4) is 5.88 Å². The fourth-order valence-corrected chi connectivity index (χ4v) is 3.23. The van der Waals surface area contributed by atoms with E-state index in [1.807, 2.05) is 18.2 Å². The average Bonchev–Trinajstić information content (AvgIpc) is 2.86. The molecule has 0 unspecified atom stereocenters. The number of hydrogen-bond acceptors (Lipinski definition) is 3. The maximum absolute atomic E-state index is 6.08. The van der Waals surface area contributed by atoms with E-state index in [1.165, 1.54) is 11.3 Å². The molecule has 0 saturated heterocycles. The second kappa shape index (κ2) is 7.65. The zero-order chi connectivity index (χ0) is 18.0. The third-order valence-corrected chi connectivity index (χ3v) is 5.13. The fourth-order valence-electron chi connectivity index (χ4n) is 2.91. The molecule has 3 aromatic rings. The number of methoxy groups -OCH3 is 1. The van der Waals surface area contributed by atoms with Crippen LogP contribution in [-0.4, -0.2) is 23.3 Å². The minimum Gasteiger partial charge on any atom is -0.471 e. The van der Waals surface area contributed by atoms with E-state index in [-0.39, 0.29) is 0 Å². The highest BCUT2D eigenvalue weighted by Gasteiger charge is 2.16. The molecule has 6 heteroatoms. The molecule has 0 aliphatic heterocycles. The molecule has 4 nitrogen and oxygen atoms in total. The summed E-state index contributed by atoms with van der Waals surface area (Å²) in [6, 6.07) is 7.50. The molecule has 2 aromatic heterocycles. The number of aromatic nitrogens is 2. The summed E-state index contributed by atoms with van der Waals surface area (Å²) in [5.41, 5.74) is 4.36. The number of rotatable bonds is 6. The summed E-state index contributed by atoms with van der Waals surface area (Å²) >= 11 is 12.0. The van der Waals surface area contributed by atoms with Crippen LogP contribution in [0.1, 0.15) is 16.8 Å². The predicted molar refractivity (Wildman–Crippen MR) is 102 cm³/mol. The van der Waals surface area contributed by atoms with Crippen LogP contribution < -0.4 is 4.74 Å². The van der Waals surface area contributed by atoms with E-state index in [2.05, 4.69) is 23.4 Å². The van der Waals surface area contributed by atoms with Gasteiger partial charge >= 0.3 is 0 Å². The Bertz CT molecular complexity index is 906. The molecule has 0 spiro atoms. The Labute approximate surface area is 157 Å². The minimum absolute atomic E-state index is 0.372. The van der Waals surface area contributed by atoms with Gasteiger partial charge in [-0.3, -0.25) is 0 Å². The fraction of sp³-hybridized carbons (Fsp3) is 0.316. The Morgan fingerprint density at radius 2 is 1.92 bits per heavy atom. The topological polar surface area (TPSA) is 36.3 Å². The molecule has 1 aromatic carbocycles. The number of halogens is 2. The molecule has 0 fully saturated rings. The SMILES string of the molecule is COCCn1c(C)c(C)c2ccnc(OCc3ccc(Cl)c(Cl)c3)c21. The number of pyridine rings is 1. The van der Waals surface area contributed by atoms with Crippen molar-refractivity contribution in [2.75, 3.05) is 13.7 Å². The monoisotopic (exact) mass is 378 g/mol. The Morgan fingerprint density at radius 1 is 1.12 bits per heavy atom. The van der Waals surface area contributed by atoms with Gasteiger partial charge in [-0.1, -0.05) is 29.3 Å². The Kier molecular flexibility index (Phi) is 5.52. The number of aryl methyl sites for hydroxylation is 1. The molecule has 0 radical (unpaired) electrons. The van der Waals surface area contributed by atoms with Gasteiger partial charge in [0.2, 0.25) is 5.88 Å². The molecule has 132 valence electrons. The first-order valence-corrected chi connectivity index (χ1v) is 8.78. The highest BCUT2D eigenvalue weighted by Crippen LogP contribution is 2.31. The van der Waals surface area contributed by atoms with E-state index in [0.29, 0.717) is 29.1 Å². The smallest absolute Gasteiger partial charge is 0.238 e. The van der Waals surface area contributed by atoms with Crippen molar-refractivity contribution < 1.29 is 9.47 Å². The third-order valence-electron chi connectivity index (χ3n) is 4.39. The molecule has 0 atom stereocenters. The number of nitrogens with zero attached hydrogens (tertiary/aromatic N) is 2. The van der Waals surface area contributed by atoms with E-state index in [9.17, 15) is 0 Å². The maximum Gasteiger partial charge on any atom is 0.238 e. The van der Waals surface area contributed by atoms with Gasteiger partial charge in [-0.15, -0.1) is 0 Å². The molecule has 0 amide bonds. The van der Waals surface area contributed by atoms with Gasteiger partial charge in [-0.2, -0.15) is 0 Å². The lowest BCUT2D eigenvalue weighted by atomic mass is 10.2. The second-order valence-corrected chi connectivity index (χ2v) is 6.72. The van der Waals surface area contributed by atoms with Crippen LogP contribution in [0.4, 0.5) is 0 Å². The van der Waals surface area contributed by atoms with Crippen LogP contribution in [0.25, 0.3) is 10.9 Å². The molecule has 0 aliphatic rings. The number of ether oxygens (including phenoxy) is 2. The van der Waals surface area contributed by atoms with Crippen molar-refractivity contribution in [1.82, 2.24) is 9.55 Å². The van der Waals surface area contributed by atoms with E-state index in [1.54, 1.807) is 19.4 Å². The summed E-state index contributed by atoms with van der Waals surface area (Å²) in [4.78, 5) is 4.44. The quantitative estimate of drug-likeness (QED) is 0.592. The lowest BCUT2D eigenvalue weighted by molar-refractivity contribution is 0.187. The third kappa shape index (κ3) is 3.61. The van der Waals surface area contributed by atoms with Gasteiger partial charge in [-0.05, 0) is 43.2 Å². The first-order valence-electron chi connectivity index (χ1n) is 8.03. The van der Waals surface area contributed by atoms with Gasteiger partial charge < -0.3 is 14.0 Å². The van der Waals surface area contributed by atoms with Crippen molar-refractivity contribution in [3.63, 3.8) is 0 Å². The average molecular weight is 379 g/mol. The summed E-state index contributed by atoms with van der Waals surface area (Å²) < 4.78 is 13.5. The predicted octanol–water partition coefficient (Wildman–Crippen LogP) is 5.19. The molecule has 0 saturated carbocycles. The van der Waals surface area contributed by atoms with E-state index >= 15 is 0 Å². The van der Waals surface area contributed by atoms with Crippen LogP contribution in [0.2, 0.25) is 10.0 Å². The molecular formula is C19H20Cl2N2O2. The van der Waals surface area contributed by atoms with Gasteiger partial charge in [0.1, 0.15) is 12.1 Å². The van der Waals surface area contributed by atoms with E-state index in [0.717, 1.165) is 23.0 Å². The van der Waals surface area contributed by atoms with Gasteiger partial charge in [-0.25, -0.2) is 4.98 Å². The second-order valence-electron chi connectivity index (χ2n) is 5.90. The summed E-state index contributed by atoms with van der Waals surface area (Å²) in [6.07, 6.45) is 1.78. The molecule has 0 bridgehead atoms. The van der Waals surface area contributed by atoms with Crippen LogP contribution in [-0.2, 0) is 17.9 Å². The largest absolute Gasteiger partial charge is 0.471 e. The van der Waals surface area contributed by atoms with Crippen molar-refractivity contribution in [3.05, 3.63) is 57.3 Å². The number of hydrogen-bond donors (Lipinski definition) is 0. The van der Waals surface area contributed by atoms with Gasteiger partial charge in [0.05, 0.1) is 16.7 Å². The van der Waals surface area contributed by atoms with Crippen molar-refractivity contribution in [2.24, 2.45) is 0 Å². The molecule has 0 N–H and O–H groups in total. The Hall–Kier alpha value is -1.75. The van der Waals surface area contributed by atoms with Crippen LogP contribution in [0, 0.1) is 13.8 Å². The highest BCUT2D eigenvalue weighted by atomic mass is 35.5. The lowest BCUT2D eigenvalue weighted by Gasteiger charge is -2.12. The number of benzene rings is 1. The minimum atomic E-state index is 0.372. The van der Waals surface area contributed by atoms with Gasteiger partial charge in [0.25, 0.3) is 0 Å². The van der Waals surface area contributed by atoms with E-state index in [4.69, 9.17) is 32.7 Å². The lowest BCUT2D eigenvalue weighted by Crippen LogP contribution is -2.07. The molecule has 25 heavy (non-hydrogen) atoms. The van der Waals surface area contributed by atoms with Crippen molar-refractivity contribution in [2.45, 2.75) is 27.0 Å². The van der Waals surface area contributed by atoms with E-state index < -0.39 is 0 Å². The zero-order valence-electron chi connectivity index (χ0n) is 14.5. The maximum atomic E-state index is 6.08. The number of fused-ring (bicyclic) bond motifs is 1. The summed E-state index contributed by atoms with van der Waals surface area (Å²) in [7, 11) is 1.70. The van der Waals surface area contributed by atoms with Crippen LogP contribution in [0.3, 0.4) is 0 Å². The van der Waals surface area contributed by atoms with Gasteiger partial charge in [0, 0.05) is 30.9 Å². The molecule has 2 heterocycles. The van der Waals surface area contributed by atoms with Crippen LogP contribution in [0.5, 0.6) is 5.88 Å². The zero-order valence-corrected chi connectivity index (χ0v) is 16.0. The van der Waals surface area contributed by atoms with Gasteiger partial charge in [0.15, 0.2) is 0 Å². The summed E-state index contributed by atoms with van der Waals surface area (Å²) in [5, 5.41) is 2.20. The Morgan fingerprint density at radius 3 is 2.64 bits per heavy atom. The van der Waals surface area contributed by atoms with Crippen molar-refractivity contribution >= 4 is 34.1 Å². The molecular weight excluding hydrogens is 359 g/mol. The summed E-state index contributed by atoms with van der Waals surface area (Å²) in [6.45, 7) is 5.97. The van der Waals surface area contributed by atoms with Crippen molar-refractivity contribution in [1.29, 1.82) is 0 Å². The standard InChI is InChI=1S/C19H20Cl2N2O2/c1-12-13(2)23(8-9-24-3)18-15(12)6-7-22-19(18)25-11-14-4-5-16(20)17(21)10-14/h4-7,10H,8-9,11H2,1-3H3. The Balaban J connectivity index is 1.95. The van der Waals surface area contributed by atoms with Crippen LogP contribution >= 0.6 is 23.2 Å². The first-order chi connectivity index (χ1) is 12.0. The van der Waals surface area contributed by atoms with Crippen LogP contribution in [0.15, 0.2) is 30.5 Å². The first kappa shape index (κ1) is 18.1.